The van der Waals surface area contributed by atoms with Gasteiger partial charge in [-0.2, -0.15) is 0 Å². The fraction of sp³-hybridized carbons (Fsp3) is 0.500. The zero-order valence-corrected chi connectivity index (χ0v) is 11.1. The van der Waals surface area contributed by atoms with Gasteiger partial charge in [-0.3, -0.25) is 4.99 Å². The largest absolute Gasteiger partial charge is 0.330 e. The molecule has 5 heteroatoms. The van der Waals surface area contributed by atoms with Crippen molar-refractivity contribution in [1.82, 2.24) is 15.0 Å². The number of H-pyrrole nitrogens is 1. The van der Waals surface area contributed by atoms with Crippen molar-refractivity contribution in [3.8, 4) is 0 Å². The minimum absolute atomic E-state index is 0.373. The molecule has 1 atom stereocenters. The van der Waals surface area contributed by atoms with Crippen molar-refractivity contribution in [2.75, 3.05) is 0 Å². The Hall–Kier alpha value is -1.36. The average Bonchev–Trinajstić information content (AvgIpc) is 2.72. The Morgan fingerprint density at radius 3 is 2.65 bits per heavy atom. The second kappa shape index (κ2) is 4.49. The second-order valence-electron chi connectivity index (χ2n) is 4.17. The number of aliphatic imine (C=N–C) groups is 1. The van der Waals surface area contributed by atoms with Crippen LogP contribution < -0.4 is 0 Å². The second-order valence-corrected chi connectivity index (χ2v) is 4.54. The summed E-state index contributed by atoms with van der Waals surface area (Å²) in [6, 6.07) is 0. The molecule has 0 aromatic carbocycles. The molecule has 4 nitrogen and oxygen atoms in total. The van der Waals surface area contributed by atoms with Gasteiger partial charge in [-0.25, -0.2) is 9.97 Å². The first kappa shape index (κ1) is 12.1. The van der Waals surface area contributed by atoms with Crippen molar-refractivity contribution >= 4 is 18.4 Å². The van der Waals surface area contributed by atoms with Crippen LogP contribution in [-0.2, 0) is 5.54 Å². The van der Waals surface area contributed by atoms with Crippen molar-refractivity contribution < 1.29 is 0 Å². The predicted molar refractivity (Wildman–Crippen MR) is 70.8 cm³/mol. The SMILES string of the molecule is CCC1=CC(CC)(c2nc(=S)nc(C)[nH]2)N=C1. The highest BCUT2D eigenvalue weighted by atomic mass is 32.1. The van der Waals surface area contributed by atoms with Gasteiger partial charge in [0.2, 0.25) is 4.77 Å². The average molecular weight is 248 g/mol. The van der Waals surface area contributed by atoms with E-state index in [4.69, 9.17) is 12.2 Å². The maximum Gasteiger partial charge on any atom is 0.222 e. The number of aromatic nitrogens is 3. The summed E-state index contributed by atoms with van der Waals surface area (Å²) in [5, 5.41) is 0. The van der Waals surface area contributed by atoms with Crippen LogP contribution in [0, 0.1) is 11.7 Å². The Labute approximate surface area is 106 Å². The van der Waals surface area contributed by atoms with Crippen LogP contribution in [0.5, 0.6) is 0 Å². The molecular weight excluding hydrogens is 232 g/mol. The molecule has 90 valence electrons. The molecule has 0 amide bonds. The number of hydrogen-bond donors (Lipinski definition) is 1. The molecule has 0 bridgehead atoms. The molecule has 0 saturated heterocycles. The summed E-state index contributed by atoms with van der Waals surface area (Å²) >= 11 is 5.06. The van der Waals surface area contributed by atoms with Gasteiger partial charge in [0.15, 0.2) is 0 Å². The summed E-state index contributed by atoms with van der Waals surface area (Å²) in [6.07, 6.45) is 5.93. The van der Waals surface area contributed by atoms with Crippen molar-refractivity contribution in [2.45, 2.75) is 39.2 Å². The third-order valence-corrected chi connectivity index (χ3v) is 3.19. The molecule has 2 heterocycles. The molecule has 2 rings (SSSR count). The first-order valence-corrected chi connectivity index (χ1v) is 6.23. The third-order valence-electron chi connectivity index (χ3n) is 3.01. The molecule has 0 radical (unpaired) electrons. The highest BCUT2D eigenvalue weighted by Gasteiger charge is 2.32. The van der Waals surface area contributed by atoms with Crippen LogP contribution in [0.25, 0.3) is 0 Å². The molecule has 0 saturated carbocycles. The lowest BCUT2D eigenvalue weighted by atomic mass is 9.95. The van der Waals surface area contributed by atoms with E-state index >= 15 is 0 Å². The minimum Gasteiger partial charge on any atom is -0.330 e. The van der Waals surface area contributed by atoms with Gasteiger partial charge in [0.25, 0.3) is 0 Å². The number of rotatable bonds is 3. The van der Waals surface area contributed by atoms with Gasteiger partial charge < -0.3 is 4.98 Å². The van der Waals surface area contributed by atoms with Crippen LogP contribution in [0.4, 0.5) is 0 Å². The van der Waals surface area contributed by atoms with E-state index in [0.29, 0.717) is 4.77 Å². The summed E-state index contributed by atoms with van der Waals surface area (Å²) < 4.78 is 0.373. The maximum atomic E-state index is 5.06. The van der Waals surface area contributed by atoms with E-state index in [1.807, 2.05) is 13.1 Å². The van der Waals surface area contributed by atoms with Crippen molar-refractivity contribution in [2.24, 2.45) is 4.99 Å². The summed E-state index contributed by atoms with van der Waals surface area (Å²) in [6.45, 7) is 6.10. The van der Waals surface area contributed by atoms with E-state index in [0.717, 1.165) is 24.5 Å². The Kier molecular flexibility index (Phi) is 3.19. The van der Waals surface area contributed by atoms with E-state index < -0.39 is 0 Å². The first-order chi connectivity index (χ1) is 8.09. The normalized spacial score (nSPS) is 22.9. The summed E-state index contributed by atoms with van der Waals surface area (Å²) in [7, 11) is 0. The molecular formula is C12H16N4S. The third kappa shape index (κ3) is 2.20. The lowest BCUT2D eigenvalue weighted by Crippen LogP contribution is -2.22. The fourth-order valence-electron chi connectivity index (χ4n) is 1.96. The number of nitrogens with zero attached hydrogens (tertiary/aromatic N) is 3. The van der Waals surface area contributed by atoms with E-state index in [1.54, 1.807) is 0 Å². The highest BCUT2D eigenvalue weighted by Crippen LogP contribution is 2.33. The summed E-state index contributed by atoms with van der Waals surface area (Å²) in [4.78, 5) is 16.2. The smallest absolute Gasteiger partial charge is 0.222 e. The van der Waals surface area contributed by atoms with Crippen molar-refractivity contribution in [3.63, 3.8) is 0 Å². The van der Waals surface area contributed by atoms with Gasteiger partial charge >= 0.3 is 0 Å². The van der Waals surface area contributed by atoms with Gasteiger partial charge in [0, 0.05) is 6.21 Å². The standard InChI is InChI=1S/C12H16N4S/c1-4-9-6-12(5-2,13-7-9)10-14-8(3)15-11(17)16-10/h6-7H,4-5H2,1-3H3,(H,14,15,16,17). The van der Waals surface area contributed by atoms with Crippen LogP contribution in [0.1, 0.15) is 38.3 Å². The van der Waals surface area contributed by atoms with E-state index in [1.165, 1.54) is 5.57 Å². The molecule has 17 heavy (non-hydrogen) atoms. The molecule has 1 aromatic heterocycles. The summed E-state index contributed by atoms with van der Waals surface area (Å²) in [5.74, 6) is 1.57. The Bertz CT molecular complexity index is 544. The van der Waals surface area contributed by atoms with Crippen LogP contribution in [0.15, 0.2) is 16.6 Å². The van der Waals surface area contributed by atoms with Gasteiger partial charge in [-0.15, -0.1) is 0 Å². The van der Waals surface area contributed by atoms with Crippen LogP contribution >= 0.6 is 12.2 Å². The van der Waals surface area contributed by atoms with Gasteiger partial charge in [0.05, 0.1) is 0 Å². The number of allylic oxidation sites excluding steroid dienone is 1. The highest BCUT2D eigenvalue weighted by molar-refractivity contribution is 7.71. The lowest BCUT2D eigenvalue weighted by Gasteiger charge is -2.21. The molecule has 1 unspecified atom stereocenters. The summed E-state index contributed by atoms with van der Waals surface area (Å²) in [5.41, 5.74) is 0.856. The molecule has 1 aromatic rings. The van der Waals surface area contributed by atoms with Gasteiger partial charge in [-0.1, -0.05) is 13.8 Å². The zero-order valence-electron chi connectivity index (χ0n) is 10.3. The zero-order chi connectivity index (χ0) is 12.5. The molecule has 0 spiro atoms. The lowest BCUT2D eigenvalue weighted by molar-refractivity contribution is 0.509. The molecule has 1 aliphatic rings. The number of aromatic amines is 1. The molecule has 1 aliphatic heterocycles. The van der Waals surface area contributed by atoms with E-state index in [9.17, 15) is 0 Å². The number of aryl methyl sites for hydroxylation is 1. The topological polar surface area (TPSA) is 53.9 Å². The number of hydrogen-bond acceptors (Lipinski definition) is 4. The molecule has 0 fully saturated rings. The van der Waals surface area contributed by atoms with Crippen LogP contribution in [-0.4, -0.2) is 21.2 Å². The predicted octanol–water partition coefficient (Wildman–Crippen LogP) is 2.87. The maximum absolute atomic E-state index is 5.06. The molecule has 1 N–H and O–H groups in total. The Morgan fingerprint density at radius 2 is 2.12 bits per heavy atom. The van der Waals surface area contributed by atoms with E-state index in [-0.39, 0.29) is 5.54 Å². The fourth-order valence-corrected chi connectivity index (χ4v) is 2.19. The minimum atomic E-state index is -0.382. The van der Waals surface area contributed by atoms with Crippen molar-refractivity contribution in [3.05, 3.63) is 28.1 Å². The first-order valence-electron chi connectivity index (χ1n) is 5.82. The quantitative estimate of drug-likeness (QED) is 0.837. The Morgan fingerprint density at radius 1 is 1.35 bits per heavy atom. The van der Waals surface area contributed by atoms with E-state index in [2.05, 4.69) is 39.9 Å². The van der Waals surface area contributed by atoms with Gasteiger partial charge in [-0.05, 0) is 43.6 Å². The van der Waals surface area contributed by atoms with Crippen LogP contribution in [0.2, 0.25) is 0 Å². The van der Waals surface area contributed by atoms with Crippen molar-refractivity contribution in [1.29, 1.82) is 0 Å². The number of nitrogens with one attached hydrogen (secondary N) is 1. The molecule has 0 aliphatic carbocycles. The van der Waals surface area contributed by atoms with Gasteiger partial charge in [0.1, 0.15) is 17.2 Å². The Balaban J connectivity index is 2.54. The van der Waals surface area contributed by atoms with Crippen LogP contribution in [0.3, 0.4) is 0 Å². The monoisotopic (exact) mass is 248 g/mol.